The van der Waals surface area contributed by atoms with E-state index in [-0.39, 0.29) is 5.54 Å². The second-order valence-corrected chi connectivity index (χ2v) is 7.81. The zero-order chi connectivity index (χ0) is 14.8. The summed E-state index contributed by atoms with van der Waals surface area (Å²) in [4.78, 5) is 0.320. The Balaban J connectivity index is 2.06. The Morgan fingerprint density at radius 1 is 1.20 bits per heavy atom. The molecule has 0 amide bonds. The molecule has 0 saturated heterocycles. The third-order valence-electron chi connectivity index (χ3n) is 3.77. The lowest BCUT2D eigenvalue weighted by Crippen LogP contribution is -2.33. The lowest BCUT2D eigenvalue weighted by molar-refractivity contribution is 0.494. The molecule has 1 aromatic rings. The molecular weight excluding hydrogens is 272 g/mol. The van der Waals surface area contributed by atoms with Crippen LogP contribution in [0.1, 0.15) is 40.0 Å². The first-order valence-corrected chi connectivity index (χ1v) is 8.71. The lowest BCUT2D eigenvalue weighted by atomic mass is 9.98. The van der Waals surface area contributed by atoms with Crippen molar-refractivity contribution in [2.24, 2.45) is 5.92 Å². The van der Waals surface area contributed by atoms with Gasteiger partial charge in [0.1, 0.15) is 0 Å². The first-order valence-electron chi connectivity index (χ1n) is 7.23. The van der Waals surface area contributed by atoms with E-state index in [9.17, 15) is 8.42 Å². The van der Waals surface area contributed by atoms with Gasteiger partial charge in [-0.25, -0.2) is 13.1 Å². The Morgan fingerprint density at radius 3 is 2.30 bits per heavy atom. The number of hydrogen-bond donors (Lipinski definition) is 2. The molecule has 5 heteroatoms. The summed E-state index contributed by atoms with van der Waals surface area (Å²) in [5.74, 6) is 0.720. The summed E-state index contributed by atoms with van der Waals surface area (Å²) in [6.07, 6.45) is 3.33. The molecule has 0 bridgehead atoms. The quantitative estimate of drug-likeness (QED) is 0.813. The van der Waals surface area contributed by atoms with Crippen molar-refractivity contribution in [3.05, 3.63) is 24.3 Å². The van der Waals surface area contributed by atoms with Gasteiger partial charge in [-0.15, -0.1) is 0 Å². The topological polar surface area (TPSA) is 58.2 Å². The van der Waals surface area contributed by atoms with E-state index in [1.54, 1.807) is 12.1 Å². The maximum Gasteiger partial charge on any atom is 0.240 e. The van der Waals surface area contributed by atoms with Crippen LogP contribution in [0.15, 0.2) is 29.2 Å². The Kier molecular flexibility index (Phi) is 4.39. The van der Waals surface area contributed by atoms with Gasteiger partial charge < -0.3 is 5.32 Å². The molecule has 112 valence electrons. The Bertz CT molecular complexity index is 546. The molecular formula is C15H24N2O2S. The molecule has 0 radical (unpaired) electrons. The minimum atomic E-state index is -3.36. The highest BCUT2D eigenvalue weighted by Crippen LogP contribution is 2.41. The monoisotopic (exact) mass is 296 g/mol. The SMILES string of the molecule is CCCNS(=O)(=O)c1ccc(NC(C)(C)C2CC2)cc1. The molecule has 4 nitrogen and oxygen atoms in total. The molecule has 0 unspecified atom stereocenters. The molecule has 2 rings (SSSR count). The number of benzene rings is 1. The van der Waals surface area contributed by atoms with Crippen LogP contribution < -0.4 is 10.0 Å². The molecule has 0 aliphatic heterocycles. The number of nitrogens with one attached hydrogen (secondary N) is 2. The van der Waals surface area contributed by atoms with Crippen LogP contribution in [0, 0.1) is 5.92 Å². The minimum absolute atomic E-state index is 0.0703. The van der Waals surface area contributed by atoms with Crippen molar-refractivity contribution in [1.29, 1.82) is 0 Å². The van der Waals surface area contributed by atoms with Crippen LogP contribution in [0.4, 0.5) is 5.69 Å². The molecule has 1 aromatic carbocycles. The van der Waals surface area contributed by atoms with Crippen molar-refractivity contribution < 1.29 is 8.42 Å². The van der Waals surface area contributed by atoms with Crippen molar-refractivity contribution in [1.82, 2.24) is 4.72 Å². The fourth-order valence-electron chi connectivity index (χ4n) is 2.32. The Labute approximate surface area is 122 Å². The van der Waals surface area contributed by atoms with Gasteiger partial charge in [0.25, 0.3) is 0 Å². The van der Waals surface area contributed by atoms with Crippen molar-refractivity contribution >= 4 is 15.7 Å². The zero-order valence-electron chi connectivity index (χ0n) is 12.4. The summed E-state index contributed by atoms with van der Waals surface area (Å²) in [5.41, 5.74) is 1.04. The molecule has 1 aliphatic rings. The molecule has 1 fully saturated rings. The molecule has 1 aliphatic carbocycles. The van der Waals surface area contributed by atoms with Crippen LogP contribution in [0.3, 0.4) is 0 Å². The summed E-state index contributed by atoms with van der Waals surface area (Å²) >= 11 is 0. The minimum Gasteiger partial charge on any atom is -0.380 e. The van der Waals surface area contributed by atoms with Gasteiger partial charge in [-0.05, 0) is 63.3 Å². The van der Waals surface area contributed by atoms with Crippen LogP contribution in [0.2, 0.25) is 0 Å². The highest BCUT2D eigenvalue weighted by atomic mass is 32.2. The highest BCUT2D eigenvalue weighted by molar-refractivity contribution is 7.89. The summed E-state index contributed by atoms with van der Waals surface area (Å²) in [6, 6.07) is 6.99. The van der Waals surface area contributed by atoms with E-state index in [4.69, 9.17) is 0 Å². The van der Waals surface area contributed by atoms with Gasteiger partial charge in [-0.1, -0.05) is 6.92 Å². The summed E-state index contributed by atoms with van der Waals surface area (Å²) in [5, 5.41) is 3.49. The summed E-state index contributed by atoms with van der Waals surface area (Å²) < 4.78 is 26.5. The molecule has 0 heterocycles. The predicted octanol–water partition coefficient (Wildman–Crippen LogP) is 2.98. The molecule has 2 N–H and O–H groups in total. The molecule has 0 atom stereocenters. The van der Waals surface area contributed by atoms with Gasteiger partial charge in [0.05, 0.1) is 4.90 Å². The summed E-state index contributed by atoms with van der Waals surface area (Å²) in [7, 11) is -3.36. The average molecular weight is 296 g/mol. The first-order chi connectivity index (χ1) is 9.35. The van der Waals surface area contributed by atoms with Gasteiger partial charge in [0.15, 0.2) is 0 Å². The average Bonchev–Trinajstić information content (AvgIpc) is 3.21. The van der Waals surface area contributed by atoms with Crippen LogP contribution >= 0.6 is 0 Å². The first kappa shape index (κ1) is 15.3. The van der Waals surface area contributed by atoms with Gasteiger partial charge in [-0.2, -0.15) is 0 Å². The lowest BCUT2D eigenvalue weighted by Gasteiger charge is -2.27. The fourth-order valence-corrected chi connectivity index (χ4v) is 3.45. The van der Waals surface area contributed by atoms with E-state index in [0.717, 1.165) is 18.0 Å². The third kappa shape index (κ3) is 3.73. The summed E-state index contributed by atoms with van der Waals surface area (Å²) in [6.45, 7) is 6.79. The van der Waals surface area contributed by atoms with Crippen LogP contribution in [0.25, 0.3) is 0 Å². The second-order valence-electron chi connectivity index (χ2n) is 6.04. The number of sulfonamides is 1. The molecule has 1 saturated carbocycles. The molecule has 20 heavy (non-hydrogen) atoms. The van der Waals surface area contributed by atoms with Crippen molar-refractivity contribution in [2.45, 2.75) is 50.5 Å². The van der Waals surface area contributed by atoms with Gasteiger partial charge in [0.2, 0.25) is 10.0 Å². The number of rotatable bonds is 7. The van der Waals surface area contributed by atoms with Crippen LogP contribution in [-0.4, -0.2) is 20.5 Å². The van der Waals surface area contributed by atoms with E-state index in [2.05, 4.69) is 23.9 Å². The second kappa shape index (κ2) is 5.74. The fraction of sp³-hybridized carbons (Fsp3) is 0.600. The van der Waals surface area contributed by atoms with Crippen molar-refractivity contribution in [2.75, 3.05) is 11.9 Å². The number of hydrogen-bond acceptors (Lipinski definition) is 3. The number of anilines is 1. The molecule has 0 spiro atoms. The Hall–Kier alpha value is -1.07. The van der Waals surface area contributed by atoms with E-state index in [1.165, 1.54) is 12.8 Å². The Morgan fingerprint density at radius 2 is 1.80 bits per heavy atom. The van der Waals surface area contributed by atoms with Gasteiger partial charge in [-0.3, -0.25) is 0 Å². The normalized spacial score (nSPS) is 16.1. The maximum absolute atomic E-state index is 12.0. The van der Waals surface area contributed by atoms with E-state index in [1.807, 2.05) is 19.1 Å². The molecule has 0 aromatic heterocycles. The highest BCUT2D eigenvalue weighted by Gasteiger charge is 2.37. The van der Waals surface area contributed by atoms with Gasteiger partial charge >= 0.3 is 0 Å². The van der Waals surface area contributed by atoms with Crippen molar-refractivity contribution in [3.63, 3.8) is 0 Å². The standard InChI is InChI=1S/C15H24N2O2S/c1-4-11-16-20(18,19)14-9-7-13(8-10-14)17-15(2,3)12-5-6-12/h7-10,12,16-17H,4-6,11H2,1-3H3. The van der Waals surface area contributed by atoms with Gasteiger partial charge in [0, 0.05) is 17.8 Å². The van der Waals surface area contributed by atoms with Crippen LogP contribution in [-0.2, 0) is 10.0 Å². The van der Waals surface area contributed by atoms with E-state index < -0.39 is 10.0 Å². The smallest absolute Gasteiger partial charge is 0.240 e. The van der Waals surface area contributed by atoms with Crippen LogP contribution in [0.5, 0.6) is 0 Å². The predicted molar refractivity (Wildman–Crippen MR) is 82.3 cm³/mol. The van der Waals surface area contributed by atoms with E-state index in [0.29, 0.717) is 11.4 Å². The maximum atomic E-state index is 12.0. The van der Waals surface area contributed by atoms with E-state index >= 15 is 0 Å². The zero-order valence-corrected chi connectivity index (χ0v) is 13.3. The third-order valence-corrected chi connectivity index (χ3v) is 5.25. The van der Waals surface area contributed by atoms with Crippen molar-refractivity contribution in [3.8, 4) is 0 Å². The largest absolute Gasteiger partial charge is 0.380 e.